The minimum Gasteiger partial charge on any atom is -0.405 e. The Labute approximate surface area is 175 Å². The van der Waals surface area contributed by atoms with Gasteiger partial charge in [0.15, 0.2) is 0 Å². The minimum absolute atomic E-state index is 0.376. The van der Waals surface area contributed by atoms with Crippen molar-refractivity contribution in [2.45, 2.75) is 67.7 Å². The van der Waals surface area contributed by atoms with Crippen molar-refractivity contribution in [1.29, 1.82) is 0 Å². The van der Waals surface area contributed by atoms with E-state index in [1.54, 1.807) is 6.20 Å². The van der Waals surface area contributed by atoms with Gasteiger partial charge < -0.3 is 5.73 Å². The standard InChI is InChI=1S/C27H43N/c1-8-11-13-17-22(4)24(6)21-27(26(16-10-3)19-15-20-28)25(7)23(5)18-14-12-9-2/h10-11,13-21,23-25H,8-9,12,28H2,1-7H3/b13-11-,16-10-,18-14-,20-15+,22-17+,26-19+,27-21+. The highest BCUT2D eigenvalue weighted by molar-refractivity contribution is 5.44. The first kappa shape index (κ1) is 26.0. The average molecular weight is 382 g/mol. The Morgan fingerprint density at radius 2 is 1.71 bits per heavy atom. The Kier molecular flexibility index (Phi) is 14.8. The smallest absolute Gasteiger partial charge is 0.00452 e. The molecule has 2 N–H and O–H groups in total. The number of nitrogens with two attached hydrogens (primary N) is 1. The number of rotatable bonds is 12. The number of hydrogen-bond donors (Lipinski definition) is 1. The molecule has 0 saturated carbocycles. The maximum absolute atomic E-state index is 5.61. The predicted molar refractivity (Wildman–Crippen MR) is 129 cm³/mol. The number of unbranched alkanes of at least 4 members (excludes halogenated alkanes) is 1. The summed E-state index contributed by atoms with van der Waals surface area (Å²) in [5, 5.41) is 0. The van der Waals surface area contributed by atoms with E-state index in [0.717, 1.165) is 12.8 Å². The normalized spacial score (nSPS) is 18.0. The van der Waals surface area contributed by atoms with Crippen LogP contribution < -0.4 is 5.73 Å². The van der Waals surface area contributed by atoms with Gasteiger partial charge in [-0.25, -0.2) is 0 Å². The van der Waals surface area contributed by atoms with Crippen molar-refractivity contribution in [3.8, 4) is 0 Å². The van der Waals surface area contributed by atoms with Crippen LogP contribution in [0.1, 0.15) is 67.7 Å². The Balaban J connectivity index is 6.01. The molecule has 3 atom stereocenters. The van der Waals surface area contributed by atoms with Gasteiger partial charge in [-0.05, 0) is 67.9 Å². The maximum atomic E-state index is 5.61. The summed E-state index contributed by atoms with van der Waals surface area (Å²) in [7, 11) is 0. The van der Waals surface area contributed by atoms with Crippen molar-refractivity contribution in [3.05, 3.63) is 83.7 Å². The zero-order valence-corrected chi connectivity index (χ0v) is 19.3. The van der Waals surface area contributed by atoms with Gasteiger partial charge in [-0.3, -0.25) is 0 Å². The van der Waals surface area contributed by atoms with Gasteiger partial charge in [0.2, 0.25) is 0 Å². The van der Waals surface area contributed by atoms with E-state index in [0.29, 0.717) is 17.8 Å². The molecular formula is C27H43N. The topological polar surface area (TPSA) is 26.0 Å². The van der Waals surface area contributed by atoms with Crippen LogP contribution in [0.25, 0.3) is 0 Å². The third kappa shape index (κ3) is 10.3. The van der Waals surface area contributed by atoms with Gasteiger partial charge in [-0.15, -0.1) is 0 Å². The highest BCUT2D eigenvalue weighted by Gasteiger charge is 2.18. The molecule has 0 amide bonds. The minimum atomic E-state index is 0.376. The molecule has 0 saturated heterocycles. The fourth-order valence-corrected chi connectivity index (χ4v) is 2.93. The first-order chi connectivity index (χ1) is 13.4. The zero-order chi connectivity index (χ0) is 21.4. The van der Waals surface area contributed by atoms with Gasteiger partial charge in [0, 0.05) is 0 Å². The molecule has 0 fully saturated rings. The van der Waals surface area contributed by atoms with E-state index in [1.165, 1.54) is 23.1 Å². The van der Waals surface area contributed by atoms with Crippen LogP contribution in [0.3, 0.4) is 0 Å². The Morgan fingerprint density at radius 1 is 1.00 bits per heavy atom. The number of allylic oxidation sites excluding steroid dienone is 13. The van der Waals surface area contributed by atoms with Gasteiger partial charge in [-0.2, -0.15) is 0 Å². The van der Waals surface area contributed by atoms with Crippen LogP contribution in [0.2, 0.25) is 0 Å². The van der Waals surface area contributed by atoms with Gasteiger partial charge >= 0.3 is 0 Å². The van der Waals surface area contributed by atoms with Crippen LogP contribution in [0.15, 0.2) is 83.7 Å². The molecule has 0 aromatic carbocycles. The molecule has 0 bridgehead atoms. The quantitative estimate of drug-likeness (QED) is 0.268. The van der Waals surface area contributed by atoms with E-state index in [1.807, 2.05) is 6.08 Å². The lowest BCUT2D eigenvalue weighted by Crippen LogP contribution is -2.12. The molecule has 0 aliphatic rings. The van der Waals surface area contributed by atoms with Crippen LogP contribution in [0.5, 0.6) is 0 Å². The third-order valence-corrected chi connectivity index (χ3v) is 5.12. The highest BCUT2D eigenvalue weighted by atomic mass is 14.5. The highest BCUT2D eigenvalue weighted by Crippen LogP contribution is 2.31. The van der Waals surface area contributed by atoms with Crippen molar-refractivity contribution >= 4 is 0 Å². The fourth-order valence-electron chi connectivity index (χ4n) is 2.93. The molecule has 28 heavy (non-hydrogen) atoms. The van der Waals surface area contributed by atoms with E-state index >= 15 is 0 Å². The molecule has 156 valence electrons. The number of hydrogen-bond acceptors (Lipinski definition) is 1. The van der Waals surface area contributed by atoms with Crippen molar-refractivity contribution in [2.24, 2.45) is 23.5 Å². The zero-order valence-electron chi connectivity index (χ0n) is 19.3. The SMILES string of the molecule is C\C=C/C(=C\C=C\N)C(=C/C(C)/C(C)=C/C=C\CC)/C(C)C(C)/C=C\CCC. The van der Waals surface area contributed by atoms with Crippen LogP contribution in [0.4, 0.5) is 0 Å². The summed E-state index contributed by atoms with van der Waals surface area (Å²) in [4.78, 5) is 0. The summed E-state index contributed by atoms with van der Waals surface area (Å²) < 4.78 is 0. The molecule has 1 heteroatoms. The van der Waals surface area contributed by atoms with Crippen LogP contribution in [-0.2, 0) is 0 Å². The van der Waals surface area contributed by atoms with Gasteiger partial charge in [0.1, 0.15) is 0 Å². The molecule has 0 aromatic heterocycles. The molecule has 0 rings (SSSR count). The van der Waals surface area contributed by atoms with Crippen LogP contribution in [0, 0.1) is 17.8 Å². The molecule has 1 nitrogen and oxygen atoms in total. The van der Waals surface area contributed by atoms with Crippen molar-refractivity contribution in [1.82, 2.24) is 0 Å². The lowest BCUT2D eigenvalue weighted by molar-refractivity contribution is 0.530. The Hall–Kier alpha value is -2.02. The second-order valence-corrected chi connectivity index (χ2v) is 7.53. The second-order valence-electron chi connectivity index (χ2n) is 7.53. The lowest BCUT2D eigenvalue weighted by Gasteiger charge is -2.24. The lowest BCUT2D eigenvalue weighted by atomic mass is 9.81. The summed E-state index contributed by atoms with van der Waals surface area (Å²) in [6.45, 7) is 15.6. The first-order valence-corrected chi connectivity index (χ1v) is 10.9. The Morgan fingerprint density at radius 3 is 2.29 bits per heavy atom. The van der Waals surface area contributed by atoms with Gasteiger partial charge in [-0.1, -0.05) is 101 Å². The molecule has 0 heterocycles. The second kappa shape index (κ2) is 16.0. The van der Waals surface area contributed by atoms with E-state index in [4.69, 9.17) is 5.73 Å². The van der Waals surface area contributed by atoms with E-state index in [9.17, 15) is 0 Å². The van der Waals surface area contributed by atoms with E-state index in [2.05, 4.69) is 103 Å². The average Bonchev–Trinajstić information content (AvgIpc) is 2.68. The van der Waals surface area contributed by atoms with E-state index in [-0.39, 0.29) is 0 Å². The van der Waals surface area contributed by atoms with E-state index < -0.39 is 0 Å². The molecule has 3 unspecified atom stereocenters. The van der Waals surface area contributed by atoms with Gasteiger partial charge in [0.25, 0.3) is 0 Å². The predicted octanol–water partition coefficient (Wildman–Crippen LogP) is 8.06. The molecule has 0 spiro atoms. The summed E-state index contributed by atoms with van der Waals surface area (Å²) in [6, 6.07) is 0. The Bertz CT molecular complexity index is 623. The summed E-state index contributed by atoms with van der Waals surface area (Å²) in [6.07, 6.45) is 27.0. The molecule has 0 aromatic rings. The van der Waals surface area contributed by atoms with Crippen LogP contribution in [-0.4, -0.2) is 0 Å². The summed E-state index contributed by atoms with van der Waals surface area (Å²) in [5.74, 6) is 1.27. The largest absolute Gasteiger partial charge is 0.405 e. The van der Waals surface area contributed by atoms with Crippen LogP contribution >= 0.6 is 0 Å². The van der Waals surface area contributed by atoms with Crippen molar-refractivity contribution < 1.29 is 0 Å². The molecule has 0 radical (unpaired) electrons. The third-order valence-electron chi connectivity index (χ3n) is 5.12. The molecule has 0 aliphatic heterocycles. The van der Waals surface area contributed by atoms with Gasteiger partial charge in [0.05, 0.1) is 0 Å². The monoisotopic (exact) mass is 381 g/mol. The van der Waals surface area contributed by atoms with Crippen molar-refractivity contribution in [3.63, 3.8) is 0 Å². The first-order valence-electron chi connectivity index (χ1n) is 10.9. The molecular weight excluding hydrogens is 338 g/mol. The summed E-state index contributed by atoms with van der Waals surface area (Å²) >= 11 is 0. The fraction of sp³-hybridized carbons (Fsp3) is 0.481. The summed E-state index contributed by atoms with van der Waals surface area (Å²) in [5.41, 5.74) is 9.60. The van der Waals surface area contributed by atoms with Crippen molar-refractivity contribution in [2.75, 3.05) is 0 Å². The molecule has 0 aliphatic carbocycles. The maximum Gasteiger partial charge on any atom is -0.00452 e.